The Morgan fingerprint density at radius 2 is 2.00 bits per heavy atom. The Hall–Kier alpha value is -0.830. The van der Waals surface area contributed by atoms with Gasteiger partial charge in [-0.1, -0.05) is 0 Å². The molecule has 0 saturated carbocycles. The van der Waals surface area contributed by atoms with Crippen molar-refractivity contribution in [3.05, 3.63) is 18.2 Å². The van der Waals surface area contributed by atoms with Crippen molar-refractivity contribution in [2.24, 2.45) is 0 Å². The Morgan fingerprint density at radius 1 is 1.36 bits per heavy atom. The monoisotopic (exact) mass is 168 g/mol. The quantitative estimate of drug-likeness (QED) is 0.493. The van der Waals surface area contributed by atoms with Crippen LogP contribution in [0.2, 0.25) is 0 Å². The summed E-state index contributed by atoms with van der Waals surface area (Å²) in [4.78, 5) is 2.84. The Balaban J connectivity index is 3.05. The summed E-state index contributed by atoms with van der Waals surface area (Å²) in [7, 11) is 3.97. The van der Waals surface area contributed by atoms with Crippen molar-refractivity contribution in [3.63, 3.8) is 0 Å². The molecule has 0 unspecified atom stereocenters. The third-order valence-electron chi connectivity index (χ3n) is 1.53. The molecule has 0 bridgehead atoms. The number of nitrogen functional groups attached to an aromatic ring is 1. The fraction of sp³-hybridized carbons (Fsp3) is 0.250. The lowest BCUT2D eigenvalue weighted by atomic mass is 10.3. The zero-order valence-corrected chi connectivity index (χ0v) is 7.60. The molecular weight excluding hydrogens is 156 g/mol. The van der Waals surface area contributed by atoms with Crippen LogP contribution >= 0.6 is 12.6 Å². The lowest BCUT2D eigenvalue weighted by Crippen LogP contribution is -2.08. The molecule has 0 aromatic heterocycles. The lowest BCUT2D eigenvalue weighted by molar-refractivity contribution is 1.12. The molecule has 11 heavy (non-hydrogen) atoms. The lowest BCUT2D eigenvalue weighted by Gasteiger charge is -2.13. The molecule has 0 amide bonds. The molecule has 2 N–H and O–H groups in total. The number of hydrogen-bond donors (Lipinski definition) is 2. The van der Waals surface area contributed by atoms with E-state index in [0.717, 1.165) is 16.3 Å². The maximum atomic E-state index is 5.59. The zero-order valence-electron chi connectivity index (χ0n) is 6.70. The smallest absolute Gasteiger partial charge is 0.0451 e. The summed E-state index contributed by atoms with van der Waals surface area (Å²) in [5, 5.41) is 0. The van der Waals surface area contributed by atoms with Crippen molar-refractivity contribution < 1.29 is 0 Å². The number of hydrogen-bond acceptors (Lipinski definition) is 3. The molecule has 0 spiro atoms. The van der Waals surface area contributed by atoms with Crippen LogP contribution in [0.1, 0.15) is 0 Å². The van der Waals surface area contributed by atoms with Gasteiger partial charge in [0, 0.05) is 30.4 Å². The maximum Gasteiger partial charge on any atom is 0.0451 e. The molecule has 2 nitrogen and oxygen atoms in total. The number of nitrogens with two attached hydrogens (primary N) is 1. The first-order valence-corrected chi connectivity index (χ1v) is 3.82. The second-order valence-corrected chi connectivity index (χ2v) is 3.12. The van der Waals surface area contributed by atoms with E-state index in [0.29, 0.717) is 0 Å². The van der Waals surface area contributed by atoms with Crippen LogP contribution in [-0.2, 0) is 0 Å². The highest BCUT2D eigenvalue weighted by molar-refractivity contribution is 7.80. The molecule has 0 saturated heterocycles. The third kappa shape index (κ3) is 1.80. The summed E-state index contributed by atoms with van der Waals surface area (Å²) in [6.45, 7) is 0. The van der Waals surface area contributed by atoms with Crippen LogP contribution in [-0.4, -0.2) is 14.1 Å². The third-order valence-corrected chi connectivity index (χ3v) is 1.92. The number of nitrogens with zero attached hydrogens (tertiary/aromatic N) is 1. The molecule has 0 aliphatic rings. The molecule has 0 heterocycles. The van der Waals surface area contributed by atoms with Crippen LogP contribution < -0.4 is 10.6 Å². The summed E-state index contributed by atoms with van der Waals surface area (Å²) in [5.74, 6) is 0. The zero-order chi connectivity index (χ0) is 8.43. The van der Waals surface area contributed by atoms with Gasteiger partial charge < -0.3 is 10.6 Å². The van der Waals surface area contributed by atoms with Crippen LogP contribution in [0, 0.1) is 0 Å². The van der Waals surface area contributed by atoms with E-state index < -0.39 is 0 Å². The van der Waals surface area contributed by atoms with Crippen LogP contribution in [0.25, 0.3) is 0 Å². The van der Waals surface area contributed by atoms with Crippen molar-refractivity contribution >= 4 is 24.0 Å². The fourth-order valence-electron chi connectivity index (χ4n) is 0.810. The molecule has 1 aromatic carbocycles. The van der Waals surface area contributed by atoms with Gasteiger partial charge >= 0.3 is 0 Å². The van der Waals surface area contributed by atoms with Gasteiger partial charge in [-0.05, 0) is 18.2 Å². The van der Waals surface area contributed by atoms with Gasteiger partial charge in [0.2, 0.25) is 0 Å². The van der Waals surface area contributed by atoms with Gasteiger partial charge in [-0.3, -0.25) is 0 Å². The first-order chi connectivity index (χ1) is 5.11. The van der Waals surface area contributed by atoms with E-state index in [2.05, 4.69) is 12.6 Å². The Morgan fingerprint density at radius 3 is 2.45 bits per heavy atom. The first-order valence-electron chi connectivity index (χ1n) is 3.37. The molecule has 3 heteroatoms. The minimum atomic E-state index is 0.721. The first kappa shape index (κ1) is 8.27. The molecule has 0 atom stereocenters. The summed E-state index contributed by atoms with van der Waals surface area (Å²) in [6, 6.07) is 5.77. The van der Waals surface area contributed by atoms with Crippen LogP contribution in [0.5, 0.6) is 0 Å². The van der Waals surface area contributed by atoms with Gasteiger partial charge in [0.1, 0.15) is 0 Å². The molecular formula is C8H12N2S. The molecule has 60 valence electrons. The predicted octanol–water partition coefficient (Wildman–Crippen LogP) is 1.62. The van der Waals surface area contributed by atoms with Crippen LogP contribution in [0.15, 0.2) is 23.1 Å². The van der Waals surface area contributed by atoms with Crippen molar-refractivity contribution in [2.75, 3.05) is 24.7 Å². The second-order valence-electron chi connectivity index (χ2n) is 2.64. The van der Waals surface area contributed by atoms with E-state index in [1.807, 2.05) is 37.2 Å². The van der Waals surface area contributed by atoms with E-state index in [9.17, 15) is 0 Å². The van der Waals surface area contributed by atoms with Crippen LogP contribution in [0.3, 0.4) is 0 Å². The fourth-order valence-corrected chi connectivity index (χ4v) is 1.02. The van der Waals surface area contributed by atoms with Crippen LogP contribution in [0.4, 0.5) is 11.4 Å². The molecule has 1 aromatic rings. The topological polar surface area (TPSA) is 29.3 Å². The minimum Gasteiger partial charge on any atom is -0.398 e. The summed E-state index contributed by atoms with van der Waals surface area (Å²) in [5.41, 5.74) is 7.43. The van der Waals surface area contributed by atoms with Gasteiger partial charge in [0.05, 0.1) is 0 Å². The average Bonchev–Trinajstić information content (AvgIpc) is 1.94. The Bertz CT molecular complexity index is 258. The van der Waals surface area contributed by atoms with Crippen molar-refractivity contribution in [2.45, 2.75) is 4.90 Å². The van der Waals surface area contributed by atoms with E-state index in [1.165, 1.54) is 0 Å². The van der Waals surface area contributed by atoms with Gasteiger partial charge in [-0.25, -0.2) is 0 Å². The number of benzene rings is 1. The van der Waals surface area contributed by atoms with E-state index in [4.69, 9.17) is 5.73 Å². The van der Waals surface area contributed by atoms with E-state index in [-0.39, 0.29) is 0 Å². The molecule has 0 radical (unpaired) electrons. The predicted molar refractivity (Wildman–Crippen MR) is 52.4 cm³/mol. The minimum absolute atomic E-state index is 0.721. The SMILES string of the molecule is CN(C)c1ccc(N)c(S)c1. The number of thiol groups is 1. The average molecular weight is 168 g/mol. The Kier molecular flexibility index (Phi) is 2.29. The van der Waals surface area contributed by atoms with E-state index >= 15 is 0 Å². The highest BCUT2D eigenvalue weighted by Gasteiger charge is 1.97. The summed E-state index contributed by atoms with van der Waals surface area (Å²) in [6.07, 6.45) is 0. The summed E-state index contributed by atoms with van der Waals surface area (Å²) < 4.78 is 0. The molecule has 0 aliphatic heterocycles. The Labute approximate surface area is 72.4 Å². The number of rotatable bonds is 1. The number of anilines is 2. The summed E-state index contributed by atoms with van der Waals surface area (Å²) >= 11 is 4.21. The molecule has 1 rings (SSSR count). The maximum absolute atomic E-state index is 5.59. The van der Waals surface area contributed by atoms with E-state index in [1.54, 1.807) is 0 Å². The molecule has 0 fully saturated rings. The largest absolute Gasteiger partial charge is 0.398 e. The highest BCUT2D eigenvalue weighted by Crippen LogP contribution is 2.22. The second kappa shape index (κ2) is 3.05. The highest BCUT2D eigenvalue weighted by atomic mass is 32.1. The van der Waals surface area contributed by atoms with Crippen molar-refractivity contribution in [3.8, 4) is 0 Å². The standard InChI is InChI=1S/C8H12N2S/c1-10(2)6-3-4-7(9)8(11)5-6/h3-5,11H,9H2,1-2H3. The van der Waals surface area contributed by atoms with Crippen molar-refractivity contribution in [1.82, 2.24) is 0 Å². The van der Waals surface area contributed by atoms with Gasteiger partial charge in [0.15, 0.2) is 0 Å². The van der Waals surface area contributed by atoms with Gasteiger partial charge in [0.25, 0.3) is 0 Å². The molecule has 0 aliphatic carbocycles. The van der Waals surface area contributed by atoms with Gasteiger partial charge in [-0.15, -0.1) is 12.6 Å². The van der Waals surface area contributed by atoms with Crippen molar-refractivity contribution in [1.29, 1.82) is 0 Å². The normalized spacial score (nSPS) is 9.73. The van der Waals surface area contributed by atoms with Gasteiger partial charge in [-0.2, -0.15) is 0 Å².